The third-order valence-corrected chi connectivity index (χ3v) is 9.82. The molecule has 4 N–H and O–H groups in total. The lowest BCUT2D eigenvalue weighted by molar-refractivity contribution is -0.0499. The summed E-state index contributed by atoms with van der Waals surface area (Å²) in [6.45, 7) is 0.595. The van der Waals surface area contributed by atoms with Crippen molar-refractivity contribution in [1.29, 1.82) is 0 Å². The topological polar surface area (TPSA) is 251 Å². The van der Waals surface area contributed by atoms with E-state index >= 15 is 8.78 Å². The zero-order valence-corrected chi connectivity index (χ0v) is 24.6. The zero-order chi connectivity index (χ0) is 31.8. The van der Waals surface area contributed by atoms with E-state index in [-0.39, 0.29) is 34.0 Å². The molecule has 0 spiro atoms. The Hall–Kier alpha value is -3.50. The summed E-state index contributed by atoms with van der Waals surface area (Å²) in [5.41, 5.74) is 5.23. The van der Waals surface area contributed by atoms with Crippen LogP contribution in [0.15, 0.2) is 23.8 Å². The largest absolute Gasteiger partial charge is 0.472 e. The quantitative estimate of drug-likeness (QED) is 0.186. The Bertz CT molecular complexity index is 2010. The molecule has 3 fully saturated rings. The Morgan fingerprint density at radius 2 is 1.69 bits per heavy atom. The van der Waals surface area contributed by atoms with Gasteiger partial charge < -0.3 is 25.1 Å². The monoisotopic (exact) mass is 675 g/mol. The Balaban J connectivity index is 1.17. The summed E-state index contributed by atoms with van der Waals surface area (Å²) >= 11 is 0. The number of phosphoric ester groups is 1. The van der Waals surface area contributed by atoms with Crippen molar-refractivity contribution >= 4 is 46.1 Å². The van der Waals surface area contributed by atoms with Gasteiger partial charge in [-0.25, -0.2) is 38.3 Å². The molecule has 0 bridgehead atoms. The van der Waals surface area contributed by atoms with Crippen LogP contribution in [0.3, 0.4) is 0 Å². The second-order valence-corrected chi connectivity index (χ2v) is 13.6. The summed E-state index contributed by atoms with van der Waals surface area (Å²) in [6, 6.07) is 0. The summed E-state index contributed by atoms with van der Waals surface area (Å²) in [4.78, 5) is 45.3. The van der Waals surface area contributed by atoms with Gasteiger partial charge in [0.05, 0.1) is 31.1 Å². The number of nitrogens with zero attached hydrogens (tertiary/aromatic N) is 7. The molecule has 7 heterocycles. The first-order valence-electron chi connectivity index (χ1n) is 13.3. The highest BCUT2D eigenvalue weighted by atomic mass is 32.2. The predicted octanol–water partition coefficient (Wildman–Crippen LogP) is -0.0580. The van der Waals surface area contributed by atoms with Crippen molar-refractivity contribution in [1.82, 2.24) is 39.0 Å². The average molecular weight is 676 g/mol. The van der Waals surface area contributed by atoms with E-state index in [2.05, 4.69) is 29.9 Å². The van der Waals surface area contributed by atoms with Crippen LogP contribution >= 0.6 is 7.82 Å². The molecule has 0 radical (unpaired) electrons. The standard InChI is InChI=1S/C22H24F2N9O10PS/c1-8-30-19-14(20(34)31-8)29-7-33(19)21-11(23)15-9(40-21)2-3-45(37,38)43-16-10(4-39-44(35,36)42-15)41-22(12(16)24)32-6-28-13-17(25)26-5-27-18(13)32/h5-7,9-12,15-16,21-22H,2-4H2,1H3,(H,35,36)(H2,25,26,27)(H,30,31,34)/t9-,10-,11-,12-,15-,16-,21-,22-/m1/s1. The van der Waals surface area contributed by atoms with E-state index in [0.29, 0.717) is 0 Å². The SMILES string of the molecule is Cc1nc2c(ncn2[C@@H]2O[C@@H]3CCS(=O)(=O)O[C@H]4[C@@H](F)[C@H](n5cnc6c(N)ncnc65)O[C@@H]4COP(=O)(O)O[C@H]3[C@H]2F)c(=O)[nH]1. The maximum atomic E-state index is 15.9. The average Bonchev–Trinajstić information content (AvgIpc) is 3.72. The van der Waals surface area contributed by atoms with Gasteiger partial charge in [-0.05, 0) is 13.3 Å². The lowest BCUT2D eigenvalue weighted by atomic mass is 10.1. The summed E-state index contributed by atoms with van der Waals surface area (Å²) in [7, 11) is -9.67. The van der Waals surface area contributed by atoms with E-state index in [1.54, 1.807) is 0 Å². The minimum Gasteiger partial charge on any atom is -0.382 e. The van der Waals surface area contributed by atoms with Gasteiger partial charge in [-0.3, -0.25) is 27.2 Å². The van der Waals surface area contributed by atoms with E-state index in [4.69, 9.17) is 28.4 Å². The van der Waals surface area contributed by atoms with Crippen LogP contribution in [0.2, 0.25) is 0 Å². The molecule has 0 aliphatic carbocycles. The third kappa shape index (κ3) is 5.29. The van der Waals surface area contributed by atoms with Crippen molar-refractivity contribution in [3.8, 4) is 0 Å². The number of imidazole rings is 2. The van der Waals surface area contributed by atoms with Gasteiger partial charge in [0.25, 0.3) is 15.7 Å². The first-order chi connectivity index (χ1) is 21.3. The first-order valence-corrected chi connectivity index (χ1v) is 16.4. The van der Waals surface area contributed by atoms with Gasteiger partial charge in [-0.15, -0.1) is 0 Å². The highest BCUT2D eigenvalue weighted by Gasteiger charge is 2.54. The molecule has 4 aromatic heterocycles. The van der Waals surface area contributed by atoms with Gasteiger partial charge in [-0.2, -0.15) is 8.42 Å². The van der Waals surface area contributed by atoms with E-state index in [0.717, 1.165) is 28.1 Å². The summed E-state index contributed by atoms with van der Waals surface area (Å²) < 4.78 is 100. The Kier molecular flexibility index (Phi) is 7.24. The number of alkyl halides is 2. The Morgan fingerprint density at radius 3 is 2.44 bits per heavy atom. The number of nitrogen functional groups attached to an aromatic ring is 1. The minimum atomic E-state index is -5.12. The van der Waals surface area contributed by atoms with Crippen molar-refractivity contribution in [3.63, 3.8) is 0 Å². The number of aryl methyl sites for hydroxylation is 1. The van der Waals surface area contributed by atoms with Gasteiger partial charge in [0.1, 0.15) is 36.0 Å². The highest BCUT2D eigenvalue weighted by molar-refractivity contribution is 7.86. The number of fused-ring (bicyclic) bond motifs is 4. The molecule has 4 aromatic rings. The fourth-order valence-corrected chi connectivity index (χ4v) is 7.69. The van der Waals surface area contributed by atoms with Crippen molar-refractivity contribution in [3.05, 3.63) is 35.2 Å². The molecule has 3 aliphatic heterocycles. The van der Waals surface area contributed by atoms with E-state index in [9.17, 15) is 22.7 Å². The molecule has 3 saturated heterocycles. The normalized spacial score (nSPS) is 35.6. The molecule has 9 atom stereocenters. The number of anilines is 1. The van der Waals surface area contributed by atoms with Crippen molar-refractivity contribution in [2.75, 3.05) is 18.1 Å². The van der Waals surface area contributed by atoms with Crippen molar-refractivity contribution in [2.24, 2.45) is 0 Å². The number of halogens is 2. The number of rotatable bonds is 2. The number of aromatic amines is 1. The molecule has 3 aliphatic rings. The fourth-order valence-electron chi connectivity index (χ4n) is 5.55. The number of phosphoric acid groups is 1. The van der Waals surface area contributed by atoms with E-state index < -0.39 is 91.5 Å². The number of nitrogens with two attached hydrogens (primary N) is 1. The lowest BCUT2D eigenvalue weighted by Gasteiger charge is -2.25. The zero-order valence-electron chi connectivity index (χ0n) is 22.9. The van der Waals surface area contributed by atoms with Gasteiger partial charge in [-0.1, -0.05) is 0 Å². The van der Waals surface area contributed by atoms with Crippen LogP contribution in [0.25, 0.3) is 22.3 Å². The fraction of sp³-hybridized carbons (Fsp3) is 0.545. The van der Waals surface area contributed by atoms with Gasteiger partial charge in [0.15, 0.2) is 47.4 Å². The van der Waals surface area contributed by atoms with Crippen LogP contribution in [0.4, 0.5) is 14.6 Å². The number of ether oxygens (including phenoxy) is 2. The number of hydrogen-bond donors (Lipinski definition) is 3. The molecule has 0 amide bonds. The highest BCUT2D eigenvalue weighted by Crippen LogP contribution is 2.51. The van der Waals surface area contributed by atoms with Crippen molar-refractivity contribution in [2.45, 2.75) is 62.6 Å². The summed E-state index contributed by atoms with van der Waals surface area (Å²) in [5, 5.41) is 0. The molecule has 45 heavy (non-hydrogen) atoms. The number of aromatic nitrogens is 8. The molecule has 7 rings (SSSR count). The molecule has 242 valence electrons. The maximum Gasteiger partial charge on any atom is 0.472 e. The minimum absolute atomic E-state index is 0.00149. The van der Waals surface area contributed by atoms with Gasteiger partial charge in [0, 0.05) is 0 Å². The van der Waals surface area contributed by atoms with Crippen LogP contribution in [-0.2, 0) is 37.4 Å². The van der Waals surface area contributed by atoms with E-state index in [1.165, 1.54) is 6.92 Å². The van der Waals surface area contributed by atoms with Gasteiger partial charge >= 0.3 is 7.82 Å². The molecule has 0 aromatic carbocycles. The van der Waals surface area contributed by atoms with Crippen LogP contribution < -0.4 is 11.3 Å². The second kappa shape index (κ2) is 10.8. The smallest absolute Gasteiger partial charge is 0.382 e. The molecule has 19 nitrogen and oxygen atoms in total. The van der Waals surface area contributed by atoms with Crippen LogP contribution in [-0.4, -0.2) is 101 Å². The molecule has 23 heteroatoms. The number of H-pyrrole nitrogens is 1. The van der Waals surface area contributed by atoms with Crippen LogP contribution in [0.5, 0.6) is 0 Å². The maximum absolute atomic E-state index is 15.9. The van der Waals surface area contributed by atoms with Crippen LogP contribution in [0.1, 0.15) is 24.7 Å². The summed E-state index contributed by atoms with van der Waals surface area (Å²) in [5.74, 6) is -0.628. The number of nitrogens with one attached hydrogen (secondary N) is 1. The Labute approximate surface area is 250 Å². The van der Waals surface area contributed by atoms with Gasteiger partial charge in [0.2, 0.25) is 0 Å². The predicted molar refractivity (Wildman–Crippen MR) is 144 cm³/mol. The number of hydrogen-bond acceptors (Lipinski definition) is 15. The molecule has 1 unspecified atom stereocenters. The lowest BCUT2D eigenvalue weighted by Crippen LogP contribution is -2.39. The molecule has 0 saturated carbocycles. The molecular weight excluding hydrogens is 651 g/mol. The summed E-state index contributed by atoms with van der Waals surface area (Å²) in [6.07, 6.45) is -11.3. The van der Waals surface area contributed by atoms with Crippen LogP contribution in [0, 0.1) is 6.92 Å². The first kappa shape index (κ1) is 30.2. The molecular formula is C22H24F2N9O10PS. The third-order valence-electron chi connectivity index (χ3n) is 7.59. The van der Waals surface area contributed by atoms with Crippen molar-refractivity contribution < 1.29 is 49.4 Å². The van der Waals surface area contributed by atoms with E-state index in [1.807, 2.05) is 0 Å². The second-order valence-electron chi connectivity index (χ2n) is 10.5. The Morgan fingerprint density at radius 1 is 1.02 bits per heavy atom.